The van der Waals surface area contributed by atoms with Gasteiger partial charge in [-0.05, 0) is 37.1 Å². The van der Waals surface area contributed by atoms with Crippen molar-refractivity contribution in [3.63, 3.8) is 0 Å². The van der Waals surface area contributed by atoms with Crippen molar-refractivity contribution < 1.29 is 19.4 Å². The van der Waals surface area contributed by atoms with Gasteiger partial charge in [-0.25, -0.2) is 0 Å². The van der Waals surface area contributed by atoms with Gasteiger partial charge in [-0.15, -0.1) is 0 Å². The second kappa shape index (κ2) is 14.2. The van der Waals surface area contributed by atoms with E-state index in [1.807, 2.05) is 12.2 Å². The van der Waals surface area contributed by atoms with E-state index in [-0.39, 0.29) is 5.78 Å². The summed E-state index contributed by atoms with van der Waals surface area (Å²) in [4.78, 5) is 11.4. The number of unbranched alkanes of at least 4 members (excludes halogenated alkanes) is 12. The van der Waals surface area contributed by atoms with Gasteiger partial charge in [0.05, 0.1) is 6.10 Å². The minimum atomic E-state index is -0.759. The van der Waals surface area contributed by atoms with Crippen molar-refractivity contribution in [2.75, 3.05) is 7.11 Å². The number of carbonyl (C=O) groups excluding carboxylic acids is 1. The molecule has 1 saturated heterocycles. The van der Waals surface area contributed by atoms with E-state index in [4.69, 9.17) is 9.47 Å². The number of hydrogen-bond acceptors (Lipinski definition) is 4. The van der Waals surface area contributed by atoms with Crippen LogP contribution in [-0.2, 0) is 14.3 Å². The summed E-state index contributed by atoms with van der Waals surface area (Å²) in [6.07, 6.45) is 26.5. The summed E-state index contributed by atoms with van der Waals surface area (Å²) in [5.41, 5.74) is -0.556. The Balaban J connectivity index is 1.50. The molecule has 1 heterocycles. The minimum absolute atomic E-state index is 0.00779. The lowest BCUT2D eigenvalue weighted by molar-refractivity contribution is -0.233. The van der Waals surface area contributed by atoms with Gasteiger partial charge in [0.15, 0.2) is 11.6 Å². The zero-order valence-corrected chi connectivity index (χ0v) is 20.1. The molecule has 0 aromatic heterocycles. The fourth-order valence-corrected chi connectivity index (χ4v) is 4.86. The number of carbonyl (C=O) groups is 1. The second-order valence-corrected chi connectivity index (χ2v) is 9.63. The Morgan fingerprint density at radius 1 is 0.903 bits per heavy atom. The van der Waals surface area contributed by atoms with Crippen molar-refractivity contribution in [2.45, 2.75) is 134 Å². The lowest BCUT2D eigenvalue weighted by atomic mass is 9.93. The molecule has 0 radical (unpaired) electrons. The Kier molecular flexibility index (Phi) is 12.1. The summed E-state index contributed by atoms with van der Waals surface area (Å²) in [7, 11) is 1.65. The molecule has 0 amide bonds. The molecule has 0 unspecified atom stereocenters. The SMILES string of the molecule is CCCCCCCCCCCCCCC[C@@H](O)C[C@@]1(OC)CCC2(C=CC(=O)C=C2)O1. The number of ether oxygens (including phenoxy) is 2. The molecule has 178 valence electrons. The fourth-order valence-electron chi connectivity index (χ4n) is 4.86. The third-order valence-corrected chi connectivity index (χ3v) is 6.89. The third-order valence-electron chi connectivity index (χ3n) is 6.89. The van der Waals surface area contributed by atoms with Crippen LogP contribution in [0.15, 0.2) is 24.3 Å². The van der Waals surface area contributed by atoms with Crippen molar-refractivity contribution in [1.82, 2.24) is 0 Å². The van der Waals surface area contributed by atoms with Gasteiger partial charge in [-0.2, -0.15) is 0 Å². The molecule has 1 spiro atoms. The van der Waals surface area contributed by atoms with Crippen molar-refractivity contribution in [3.05, 3.63) is 24.3 Å². The van der Waals surface area contributed by atoms with Gasteiger partial charge in [0.1, 0.15) is 5.60 Å². The number of allylic oxidation sites excluding steroid dienone is 2. The first-order valence-electron chi connectivity index (χ1n) is 12.9. The average molecular weight is 435 g/mol. The third kappa shape index (κ3) is 9.59. The zero-order chi connectivity index (χ0) is 22.4. The lowest BCUT2D eigenvalue weighted by Gasteiger charge is -2.33. The Morgan fingerprint density at radius 2 is 1.42 bits per heavy atom. The molecule has 31 heavy (non-hydrogen) atoms. The normalized spacial score (nSPS) is 23.1. The number of hydrogen-bond donors (Lipinski definition) is 1. The van der Waals surface area contributed by atoms with Crippen LogP contribution in [0.5, 0.6) is 0 Å². The summed E-state index contributed by atoms with van der Waals surface area (Å²) in [6, 6.07) is 0. The molecular formula is C27H46O4. The largest absolute Gasteiger partial charge is 0.393 e. The molecule has 1 aliphatic carbocycles. The standard InChI is InChI=1S/C27H46O4/c1-3-4-5-6-7-8-9-10-11-12-13-14-15-16-25(29)23-27(30-2)22-21-26(31-27)19-17-24(28)18-20-26/h17-20,25,29H,3-16,21-23H2,1-2H3/t25-,27-/m1/s1. The molecule has 2 atom stereocenters. The number of aliphatic hydroxyl groups excluding tert-OH is 1. The van der Waals surface area contributed by atoms with E-state index >= 15 is 0 Å². The minimum Gasteiger partial charge on any atom is -0.393 e. The molecule has 0 aromatic rings. The van der Waals surface area contributed by atoms with Crippen molar-refractivity contribution in [1.29, 1.82) is 0 Å². The van der Waals surface area contributed by atoms with E-state index in [9.17, 15) is 9.90 Å². The molecule has 0 aromatic carbocycles. The van der Waals surface area contributed by atoms with Gasteiger partial charge in [0, 0.05) is 20.0 Å². The van der Waals surface area contributed by atoms with Gasteiger partial charge in [0.2, 0.25) is 0 Å². The highest BCUT2D eigenvalue weighted by Crippen LogP contribution is 2.44. The Morgan fingerprint density at radius 3 is 1.94 bits per heavy atom. The second-order valence-electron chi connectivity index (χ2n) is 9.63. The predicted octanol–water partition coefficient (Wildman–Crippen LogP) is 6.81. The lowest BCUT2D eigenvalue weighted by Crippen LogP contribution is -2.39. The van der Waals surface area contributed by atoms with E-state index in [2.05, 4.69) is 6.92 Å². The summed E-state index contributed by atoms with van der Waals surface area (Å²) in [6.45, 7) is 2.27. The van der Waals surface area contributed by atoms with Gasteiger partial charge < -0.3 is 14.6 Å². The topological polar surface area (TPSA) is 55.8 Å². The van der Waals surface area contributed by atoms with Gasteiger partial charge in [-0.1, -0.05) is 90.4 Å². The summed E-state index contributed by atoms with van der Waals surface area (Å²) >= 11 is 0. The van der Waals surface area contributed by atoms with Crippen LogP contribution in [0.2, 0.25) is 0 Å². The predicted molar refractivity (Wildman–Crippen MR) is 127 cm³/mol. The first-order chi connectivity index (χ1) is 15.0. The van der Waals surface area contributed by atoms with E-state index in [0.717, 1.165) is 25.7 Å². The van der Waals surface area contributed by atoms with Gasteiger partial charge in [0.25, 0.3) is 0 Å². The Bertz CT molecular complexity index is 552. The van der Waals surface area contributed by atoms with Crippen LogP contribution in [-0.4, -0.2) is 35.5 Å². The van der Waals surface area contributed by atoms with Crippen LogP contribution in [0, 0.1) is 0 Å². The van der Waals surface area contributed by atoms with Crippen LogP contribution in [0.1, 0.15) is 116 Å². The number of rotatable bonds is 17. The highest BCUT2D eigenvalue weighted by atomic mass is 16.7. The smallest absolute Gasteiger partial charge is 0.178 e. The highest BCUT2D eigenvalue weighted by molar-refractivity contribution is 6.00. The van der Waals surface area contributed by atoms with Crippen molar-refractivity contribution in [2.24, 2.45) is 0 Å². The van der Waals surface area contributed by atoms with E-state index in [1.54, 1.807) is 19.3 Å². The molecule has 4 heteroatoms. The quantitative estimate of drug-likeness (QED) is 0.256. The van der Waals surface area contributed by atoms with Crippen LogP contribution < -0.4 is 0 Å². The number of ketones is 1. The van der Waals surface area contributed by atoms with Crippen molar-refractivity contribution in [3.8, 4) is 0 Å². The summed E-state index contributed by atoms with van der Waals surface area (Å²) < 4.78 is 12.0. The molecule has 1 aliphatic heterocycles. The number of methoxy groups -OCH3 is 1. The van der Waals surface area contributed by atoms with Crippen LogP contribution >= 0.6 is 0 Å². The summed E-state index contributed by atoms with van der Waals surface area (Å²) in [5, 5.41) is 10.6. The molecular weight excluding hydrogens is 388 g/mol. The maximum absolute atomic E-state index is 11.4. The van der Waals surface area contributed by atoms with E-state index in [0.29, 0.717) is 6.42 Å². The average Bonchev–Trinajstić information content (AvgIpc) is 3.12. The maximum Gasteiger partial charge on any atom is 0.178 e. The zero-order valence-electron chi connectivity index (χ0n) is 20.1. The maximum atomic E-state index is 11.4. The fraction of sp³-hybridized carbons (Fsp3) is 0.815. The molecule has 0 saturated carbocycles. The molecule has 1 fully saturated rings. The van der Waals surface area contributed by atoms with E-state index < -0.39 is 17.5 Å². The van der Waals surface area contributed by atoms with Crippen LogP contribution in [0.3, 0.4) is 0 Å². The molecule has 0 bridgehead atoms. The van der Waals surface area contributed by atoms with Gasteiger partial charge in [-0.3, -0.25) is 4.79 Å². The van der Waals surface area contributed by atoms with Crippen molar-refractivity contribution >= 4 is 5.78 Å². The Hall–Kier alpha value is -0.970. The monoisotopic (exact) mass is 434 g/mol. The first kappa shape index (κ1) is 26.3. The van der Waals surface area contributed by atoms with Crippen LogP contribution in [0.25, 0.3) is 0 Å². The molecule has 1 N–H and O–H groups in total. The summed E-state index contributed by atoms with van der Waals surface area (Å²) in [5.74, 6) is -0.767. The molecule has 2 rings (SSSR count). The molecule has 4 nitrogen and oxygen atoms in total. The van der Waals surface area contributed by atoms with Crippen LogP contribution in [0.4, 0.5) is 0 Å². The molecule has 2 aliphatic rings. The number of aliphatic hydroxyl groups is 1. The van der Waals surface area contributed by atoms with E-state index in [1.165, 1.54) is 77.0 Å². The highest BCUT2D eigenvalue weighted by Gasteiger charge is 2.48. The first-order valence-corrected chi connectivity index (χ1v) is 12.9. The Labute approximate surface area is 190 Å². The van der Waals surface area contributed by atoms with Gasteiger partial charge >= 0.3 is 0 Å².